The van der Waals surface area contributed by atoms with Gasteiger partial charge in [-0.1, -0.05) is 19.1 Å². The van der Waals surface area contributed by atoms with Crippen molar-refractivity contribution in [2.75, 3.05) is 105 Å². The molecule has 2 rings (SSSR count). The summed E-state index contributed by atoms with van der Waals surface area (Å²) in [7, 11) is 1.72. The fourth-order valence-electron chi connectivity index (χ4n) is 6.28. The molecule has 1 aliphatic rings. The molecule has 0 spiro atoms. The molecule has 0 aromatic heterocycles. The number of hydrogen-bond donors (Lipinski definition) is 7. The number of carboxylic acid groups (broad SMARTS) is 2. The lowest BCUT2D eigenvalue weighted by atomic mass is 10.1. The highest BCUT2D eigenvalue weighted by molar-refractivity contribution is 5.94. The summed E-state index contributed by atoms with van der Waals surface area (Å²) in [5, 5.41) is 27.4. The molecule has 57 heavy (non-hydrogen) atoms. The molecule has 1 aliphatic heterocycles. The van der Waals surface area contributed by atoms with Crippen molar-refractivity contribution in [2.45, 2.75) is 58.5 Å². The van der Waals surface area contributed by atoms with E-state index < -0.39 is 18.0 Å². The first-order chi connectivity index (χ1) is 27.2. The predicted molar refractivity (Wildman–Crippen MR) is 216 cm³/mol. The highest BCUT2D eigenvalue weighted by Gasteiger charge is 2.24. The van der Waals surface area contributed by atoms with Crippen LogP contribution in [0.2, 0.25) is 0 Å². The van der Waals surface area contributed by atoms with Gasteiger partial charge in [0.25, 0.3) is 5.91 Å². The van der Waals surface area contributed by atoms with E-state index in [1.807, 2.05) is 35.8 Å². The number of guanidine groups is 1. The first-order valence-corrected chi connectivity index (χ1v) is 19.8. The molecular formula is C38H65N11O8. The van der Waals surface area contributed by atoms with Gasteiger partial charge in [-0.05, 0) is 56.8 Å². The maximum Gasteiger partial charge on any atom is 0.317 e. The summed E-state index contributed by atoms with van der Waals surface area (Å²) >= 11 is 0. The second-order valence-electron chi connectivity index (χ2n) is 14.2. The number of benzene rings is 1. The van der Waals surface area contributed by atoms with Crippen molar-refractivity contribution in [2.24, 2.45) is 16.5 Å². The summed E-state index contributed by atoms with van der Waals surface area (Å²) in [6.45, 7) is 9.43. The maximum atomic E-state index is 13.5. The number of aliphatic carboxylic acids is 2. The van der Waals surface area contributed by atoms with E-state index in [4.69, 9.17) is 11.5 Å². The van der Waals surface area contributed by atoms with Gasteiger partial charge in [0.1, 0.15) is 6.04 Å². The fraction of sp³-hybridized carbons (Fsp3) is 0.658. The SMILES string of the molecule is CCNC(=O)c1ccc(CN(C)C(=O)CCCCNC(=O)C(CCCN=C(N)N)NC(=O)CN2CCN(CC)CCN(CC(=O)O)CCN(CC(=O)O)CC2)cc1. The van der Waals surface area contributed by atoms with Crippen molar-refractivity contribution in [1.82, 2.24) is 40.4 Å². The highest BCUT2D eigenvalue weighted by Crippen LogP contribution is 2.10. The number of amides is 4. The lowest BCUT2D eigenvalue weighted by molar-refractivity contribution is -0.140. The molecule has 9 N–H and O–H groups in total. The van der Waals surface area contributed by atoms with Crippen molar-refractivity contribution in [1.29, 1.82) is 0 Å². The zero-order chi connectivity index (χ0) is 42.2. The van der Waals surface area contributed by atoms with Crippen LogP contribution in [0.25, 0.3) is 0 Å². The highest BCUT2D eigenvalue weighted by atomic mass is 16.4. The topological polar surface area (TPSA) is 260 Å². The Morgan fingerprint density at radius 2 is 1.32 bits per heavy atom. The van der Waals surface area contributed by atoms with Gasteiger partial charge in [-0.25, -0.2) is 0 Å². The Morgan fingerprint density at radius 1 is 0.772 bits per heavy atom. The molecule has 1 saturated heterocycles. The minimum Gasteiger partial charge on any atom is -0.480 e. The number of carbonyl (C=O) groups excluding carboxylic acids is 4. The summed E-state index contributed by atoms with van der Waals surface area (Å²) in [5.74, 6) is -2.94. The zero-order valence-electron chi connectivity index (χ0n) is 33.9. The maximum absolute atomic E-state index is 13.5. The van der Waals surface area contributed by atoms with Crippen LogP contribution in [0.3, 0.4) is 0 Å². The van der Waals surface area contributed by atoms with E-state index in [2.05, 4.69) is 25.8 Å². The van der Waals surface area contributed by atoms with Crippen LogP contribution in [0.4, 0.5) is 0 Å². The van der Waals surface area contributed by atoms with Gasteiger partial charge in [-0.15, -0.1) is 0 Å². The number of carbonyl (C=O) groups is 6. The van der Waals surface area contributed by atoms with E-state index in [0.717, 1.165) is 12.1 Å². The molecule has 1 aromatic rings. The second-order valence-corrected chi connectivity index (χ2v) is 14.2. The molecule has 0 aliphatic carbocycles. The van der Waals surface area contributed by atoms with E-state index in [9.17, 15) is 39.0 Å². The van der Waals surface area contributed by atoms with Crippen LogP contribution in [0.5, 0.6) is 0 Å². The smallest absolute Gasteiger partial charge is 0.317 e. The Morgan fingerprint density at radius 3 is 1.82 bits per heavy atom. The van der Waals surface area contributed by atoms with Crippen molar-refractivity contribution >= 4 is 41.5 Å². The summed E-state index contributed by atoms with van der Waals surface area (Å²) in [4.78, 5) is 88.0. The third-order valence-corrected chi connectivity index (χ3v) is 9.57. The van der Waals surface area contributed by atoms with Crippen molar-refractivity contribution in [3.63, 3.8) is 0 Å². The minimum atomic E-state index is -1.00. The molecule has 0 radical (unpaired) electrons. The van der Waals surface area contributed by atoms with Crippen molar-refractivity contribution in [3.8, 4) is 0 Å². The first kappa shape index (κ1) is 48.3. The molecule has 19 nitrogen and oxygen atoms in total. The molecule has 1 fully saturated rings. The van der Waals surface area contributed by atoms with Gasteiger partial charge in [0.2, 0.25) is 17.7 Å². The van der Waals surface area contributed by atoms with E-state index in [1.54, 1.807) is 29.0 Å². The summed E-state index contributed by atoms with van der Waals surface area (Å²) in [6, 6.07) is 6.26. The molecule has 19 heteroatoms. The summed E-state index contributed by atoms with van der Waals surface area (Å²) in [5.41, 5.74) is 12.4. The van der Waals surface area contributed by atoms with Gasteiger partial charge in [0, 0.05) is 97.6 Å². The quantitative estimate of drug-likeness (QED) is 0.0406. The number of nitrogens with zero attached hydrogens (tertiary/aromatic N) is 6. The van der Waals surface area contributed by atoms with Crippen LogP contribution < -0.4 is 27.4 Å². The van der Waals surface area contributed by atoms with Crippen LogP contribution >= 0.6 is 0 Å². The van der Waals surface area contributed by atoms with E-state index in [-0.39, 0.29) is 68.6 Å². The molecule has 1 aromatic carbocycles. The van der Waals surface area contributed by atoms with Gasteiger partial charge in [-0.2, -0.15) is 0 Å². The predicted octanol–water partition coefficient (Wildman–Crippen LogP) is -1.37. The van der Waals surface area contributed by atoms with Crippen molar-refractivity contribution < 1.29 is 39.0 Å². The van der Waals surface area contributed by atoms with E-state index in [0.29, 0.717) is 96.8 Å². The van der Waals surface area contributed by atoms with Gasteiger partial charge < -0.3 is 47.4 Å². The number of aliphatic imine (C=N–C) groups is 1. The molecular weight excluding hydrogens is 738 g/mol. The number of hydrogen-bond acceptors (Lipinski definition) is 11. The zero-order valence-corrected chi connectivity index (χ0v) is 33.9. The molecule has 320 valence electrons. The summed E-state index contributed by atoms with van der Waals surface area (Å²) in [6.07, 6.45) is 2.09. The second kappa shape index (κ2) is 26.9. The molecule has 1 unspecified atom stereocenters. The lowest BCUT2D eigenvalue weighted by Crippen LogP contribution is -2.52. The van der Waals surface area contributed by atoms with E-state index >= 15 is 0 Å². The van der Waals surface area contributed by atoms with Crippen LogP contribution in [0, 0.1) is 0 Å². The number of nitrogens with one attached hydrogen (secondary N) is 3. The third kappa shape index (κ3) is 20.8. The van der Waals surface area contributed by atoms with Crippen LogP contribution in [-0.4, -0.2) is 188 Å². The number of rotatable bonds is 22. The Bertz CT molecular complexity index is 1460. The first-order valence-electron chi connectivity index (χ1n) is 19.8. The molecule has 0 saturated carbocycles. The monoisotopic (exact) mass is 804 g/mol. The Labute approximate surface area is 336 Å². The standard InChI is InChI=1S/C38H65N11O8/c1-4-41-36(56)30-13-11-29(12-14-30)25-45(3)33(51)10-6-7-15-42-37(57)31(9-8-16-43-38(39)40)44-32(50)26-47-19-17-46(5-2)18-20-48(27-34(52)53)23-24-49(22-21-47)28-35(54)55/h11-14,31H,4-10,15-28H2,1-3H3,(H,41,56)(H,42,57)(H,44,50)(H,52,53)(H,54,55)(H4,39,40,43). The molecule has 1 atom stereocenters. The lowest BCUT2D eigenvalue weighted by Gasteiger charge is -2.33. The number of unbranched alkanes of at least 4 members (excludes halogenated alkanes) is 1. The molecule has 0 bridgehead atoms. The van der Waals surface area contributed by atoms with Gasteiger partial charge in [0.15, 0.2) is 5.96 Å². The van der Waals surface area contributed by atoms with Gasteiger partial charge in [0.05, 0.1) is 19.6 Å². The summed E-state index contributed by atoms with van der Waals surface area (Å²) < 4.78 is 0. The van der Waals surface area contributed by atoms with Gasteiger partial charge >= 0.3 is 11.9 Å². The van der Waals surface area contributed by atoms with E-state index in [1.165, 1.54) is 0 Å². The number of carboxylic acids is 2. The average molecular weight is 804 g/mol. The Hall–Kier alpha value is -4.85. The van der Waals surface area contributed by atoms with Crippen LogP contribution in [-0.2, 0) is 30.5 Å². The van der Waals surface area contributed by atoms with Crippen molar-refractivity contribution in [3.05, 3.63) is 35.4 Å². The Kier molecular flexibility index (Phi) is 22.8. The van der Waals surface area contributed by atoms with Gasteiger partial charge in [-0.3, -0.25) is 48.5 Å². The molecule has 1 heterocycles. The third-order valence-electron chi connectivity index (χ3n) is 9.57. The Balaban J connectivity index is 1.96. The van der Waals surface area contributed by atoms with Crippen LogP contribution in [0.15, 0.2) is 29.3 Å². The number of nitrogens with two attached hydrogens (primary N) is 2. The van der Waals surface area contributed by atoms with Crippen LogP contribution in [0.1, 0.15) is 61.9 Å². The fourth-order valence-corrected chi connectivity index (χ4v) is 6.28. The normalized spacial score (nSPS) is 15.6. The largest absolute Gasteiger partial charge is 0.480 e. The molecule has 4 amide bonds. The number of likely N-dealkylation sites (N-methyl/N-ethyl adjacent to an activating group) is 1. The average Bonchev–Trinajstić information content (AvgIpc) is 3.15. The minimum absolute atomic E-state index is 0.0186.